The van der Waals surface area contributed by atoms with Crippen LogP contribution >= 0.6 is 0 Å². The van der Waals surface area contributed by atoms with Crippen molar-refractivity contribution >= 4 is 29.7 Å². The molecule has 0 radical (unpaired) electrons. The molecule has 40 heavy (non-hydrogen) atoms. The van der Waals surface area contributed by atoms with E-state index in [1.54, 1.807) is 16.8 Å². The molecule has 0 aliphatic carbocycles. The zero-order valence-electron chi connectivity index (χ0n) is 24.4. The van der Waals surface area contributed by atoms with Crippen molar-refractivity contribution in [3.63, 3.8) is 0 Å². The number of piperidine rings is 1. The first-order chi connectivity index (χ1) is 19.3. The molecule has 3 aliphatic rings. The molecule has 0 bridgehead atoms. The molecule has 0 spiro atoms. The molecule has 1 N–H and O–H groups in total. The second kappa shape index (κ2) is 14.0. The van der Waals surface area contributed by atoms with E-state index in [4.69, 9.17) is 4.74 Å². The number of nitrogens with zero attached hydrogens (tertiary/aromatic N) is 5. The minimum Gasteiger partial charge on any atom is -0.372 e. The van der Waals surface area contributed by atoms with Crippen LogP contribution in [0.1, 0.15) is 46.0 Å². The van der Waals surface area contributed by atoms with Crippen LogP contribution in [0.4, 0.5) is 16.2 Å². The summed E-state index contributed by atoms with van der Waals surface area (Å²) in [6, 6.07) is 7.53. The van der Waals surface area contributed by atoms with Crippen molar-refractivity contribution in [2.45, 2.75) is 64.1 Å². The average Bonchev–Trinajstić information content (AvgIpc) is 3.50. The monoisotopic (exact) mass is 554 g/mol. The molecule has 0 aromatic heterocycles. The normalized spacial score (nSPS) is 23.7. The van der Waals surface area contributed by atoms with Gasteiger partial charge in [0.25, 0.3) is 5.91 Å². The Bertz CT molecular complexity index is 1040. The van der Waals surface area contributed by atoms with Gasteiger partial charge < -0.3 is 24.8 Å². The molecule has 0 saturated carbocycles. The third-order valence-corrected chi connectivity index (χ3v) is 8.46. The Morgan fingerprint density at radius 1 is 1.15 bits per heavy atom. The predicted octanol–water partition coefficient (Wildman–Crippen LogP) is 2.90. The van der Waals surface area contributed by atoms with Gasteiger partial charge in [-0.15, -0.1) is 0 Å². The average molecular weight is 555 g/mol. The van der Waals surface area contributed by atoms with Crippen LogP contribution in [0.25, 0.3) is 0 Å². The molecule has 3 heterocycles. The lowest BCUT2D eigenvalue weighted by Crippen LogP contribution is -2.52. The van der Waals surface area contributed by atoms with Gasteiger partial charge in [0.15, 0.2) is 0 Å². The second-order valence-corrected chi connectivity index (χ2v) is 11.2. The smallest absolute Gasteiger partial charge is 0.321 e. The number of carbonyl (C=O) groups is 3. The first-order valence-corrected chi connectivity index (χ1v) is 14.7. The van der Waals surface area contributed by atoms with Crippen molar-refractivity contribution in [2.75, 3.05) is 69.3 Å². The van der Waals surface area contributed by atoms with Crippen molar-refractivity contribution < 1.29 is 19.1 Å². The van der Waals surface area contributed by atoms with Crippen molar-refractivity contribution in [1.82, 2.24) is 20.0 Å². The number of piperazine rings is 1. The molecule has 3 saturated heterocycles. The van der Waals surface area contributed by atoms with Crippen molar-refractivity contribution in [1.29, 1.82) is 0 Å². The Morgan fingerprint density at radius 3 is 2.50 bits per heavy atom. The van der Waals surface area contributed by atoms with E-state index in [0.717, 1.165) is 77.1 Å². The van der Waals surface area contributed by atoms with E-state index in [1.165, 1.54) is 0 Å². The van der Waals surface area contributed by atoms with Gasteiger partial charge in [0.2, 0.25) is 6.41 Å². The van der Waals surface area contributed by atoms with Gasteiger partial charge in [0, 0.05) is 77.1 Å². The van der Waals surface area contributed by atoms with Crippen LogP contribution in [0.2, 0.25) is 0 Å². The first kappa shape index (κ1) is 29.9. The van der Waals surface area contributed by atoms with Crippen LogP contribution in [-0.4, -0.2) is 111 Å². The lowest BCUT2D eigenvalue weighted by molar-refractivity contribution is -0.142. The standard InChI is InChI=1S/C30H46N6O4/c1-5-34(22-37)27-11-7-6-10-26(27)32(4)30(39)31-25-20-23(2)36(24(3)21-25)14-9-13-33-15-17-35(18-16-33)29(38)28-12-8-19-40-28/h6-7,10-11,22,24-25,28H,2,5,8-9,12-21H2,1,3-4H3,(H,31,39). The summed E-state index contributed by atoms with van der Waals surface area (Å²) in [4.78, 5) is 47.2. The largest absolute Gasteiger partial charge is 0.372 e. The molecule has 220 valence electrons. The van der Waals surface area contributed by atoms with E-state index in [-0.39, 0.29) is 30.1 Å². The maximum absolute atomic E-state index is 13.2. The zero-order valence-corrected chi connectivity index (χ0v) is 24.4. The number of rotatable bonds is 10. The first-order valence-electron chi connectivity index (χ1n) is 14.7. The fourth-order valence-electron chi connectivity index (χ4n) is 6.13. The molecular formula is C30H46N6O4. The van der Waals surface area contributed by atoms with Gasteiger partial charge in [-0.05, 0) is 58.2 Å². The summed E-state index contributed by atoms with van der Waals surface area (Å²) in [5, 5.41) is 3.19. The Kier molecular flexibility index (Phi) is 10.4. The number of ether oxygens (including phenoxy) is 1. The quantitative estimate of drug-likeness (QED) is 0.448. The summed E-state index contributed by atoms with van der Waals surface area (Å²) in [6.45, 7) is 15.0. The number of hydrogen-bond donors (Lipinski definition) is 1. The molecule has 3 fully saturated rings. The number of anilines is 2. The number of benzene rings is 1. The third kappa shape index (κ3) is 7.14. The minimum atomic E-state index is -0.225. The lowest BCUT2D eigenvalue weighted by Gasteiger charge is -2.42. The molecule has 3 aliphatic heterocycles. The van der Waals surface area contributed by atoms with Gasteiger partial charge >= 0.3 is 6.03 Å². The molecular weight excluding hydrogens is 508 g/mol. The van der Waals surface area contributed by atoms with E-state index in [9.17, 15) is 14.4 Å². The molecule has 10 nitrogen and oxygen atoms in total. The highest BCUT2D eigenvalue weighted by Gasteiger charge is 2.32. The van der Waals surface area contributed by atoms with Crippen LogP contribution in [0, 0.1) is 0 Å². The third-order valence-electron chi connectivity index (χ3n) is 8.46. The SMILES string of the molecule is C=C1CC(NC(=O)N(C)c2ccccc2N(C=O)CC)CC(C)N1CCCN1CCN(C(=O)C2CCCO2)CC1. The summed E-state index contributed by atoms with van der Waals surface area (Å²) in [7, 11) is 1.73. The Balaban J connectivity index is 1.21. The number of likely N-dealkylation sites (tertiary alicyclic amines) is 1. The van der Waals surface area contributed by atoms with Gasteiger partial charge in [0.05, 0.1) is 11.4 Å². The summed E-state index contributed by atoms with van der Waals surface area (Å²) in [5.41, 5.74) is 2.45. The number of para-hydroxylation sites is 2. The van der Waals surface area contributed by atoms with Crippen LogP contribution in [0.15, 0.2) is 36.5 Å². The van der Waals surface area contributed by atoms with Gasteiger partial charge in [-0.3, -0.25) is 19.4 Å². The summed E-state index contributed by atoms with van der Waals surface area (Å²) in [6.07, 6.45) is 4.99. The van der Waals surface area contributed by atoms with Gasteiger partial charge in [0.1, 0.15) is 6.10 Å². The number of hydrogen-bond acceptors (Lipinski definition) is 6. The van der Waals surface area contributed by atoms with Crippen LogP contribution in [0.5, 0.6) is 0 Å². The van der Waals surface area contributed by atoms with Crippen molar-refractivity contribution in [2.24, 2.45) is 0 Å². The van der Waals surface area contributed by atoms with Crippen LogP contribution in [0.3, 0.4) is 0 Å². The molecule has 4 amide bonds. The molecule has 10 heteroatoms. The fraction of sp³-hybridized carbons (Fsp3) is 0.633. The summed E-state index contributed by atoms with van der Waals surface area (Å²) < 4.78 is 5.57. The highest BCUT2D eigenvalue weighted by atomic mass is 16.5. The highest BCUT2D eigenvalue weighted by Crippen LogP contribution is 2.29. The van der Waals surface area contributed by atoms with Crippen LogP contribution in [-0.2, 0) is 14.3 Å². The molecule has 1 aromatic rings. The molecule has 1 aromatic carbocycles. The van der Waals surface area contributed by atoms with E-state index < -0.39 is 0 Å². The van der Waals surface area contributed by atoms with Crippen LogP contribution < -0.4 is 15.1 Å². The number of nitrogens with one attached hydrogen (secondary N) is 1. The lowest BCUT2D eigenvalue weighted by atomic mass is 9.95. The van der Waals surface area contributed by atoms with Gasteiger partial charge in [-0.2, -0.15) is 0 Å². The fourth-order valence-corrected chi connectivity index (χ4v) is 6.13. The zero-order chi connectivity index (χ0) is 28.6. The molecule has 3 unspecified atom stereocenters. The van der Waals surface area contributed by atoms with Gasteiger partial charge in [-0.25, -0.2) is 4.79 Å². The Labute approximate surface area is 238 Å². The maximum atomic E-state index is 13.2. The predicted molar refractivity (Wildman–Crippen MR) is 157 cm³/mol. The van der Waals surface area contributed by atoms with E-state index in [0.29, 0.717) is 30.9 Å². The molecule has 4 rings (SSSR count). The summed E-state index contributed by atoms with van der Waals surface area (Å²) >= 11 is 0. The molecule has 3 atom stereocenters. The number of amides is 4. The Morgan fingerprint density at radius 2 is 1.88 bits per heavy atom. The minimum absolute atomic E-state index is 0.00340. The van der Waals surface area contributed by atoms with E-state index >= 15 is 0 Å². The highest BCUT2D eigenvalue weighted by molar-refractivity contribution is 5.97. The van der Waals surface area contributed by atoms with E-state index in [1.807, 2.05) is 36.1 Å². The van der Waals surface area contributed by atoms with Crippen molar-refractivity contribution in [3.05, 3.63) is 36.5 Å². The van der Waals surface area contributed by atoms with E-state index in [2.05, 4.69) is 28.6 Å². The number of urea groups is 1. The van der Waals surface area contributed by atoms with Gasteiger partial charge in [-0.1, -0.05) is 18.7 Å². The Hall–Kier alpha value is -3.11. The summed E-state index contributed by atoms with van der Waals surface area (Å²) in [5.74, 6) is 0.163. The second-order valence-electron chi connectivity index (χ2n) is 11.2. The van der Waals surface area contributed by atoms with Crippen molar-refractivity contribution in [3.8, 4) is 0 Å². The maximum Gasteiger partial charge on any atom is 0.321 e. The topological polar surface area (TPSA) is 88.7 Å². The number of carbonyl (C=O) groups excluding carboxylic acids is 3.